The van der Waals surface area contributed by atoms with E-state index in [1.165, 1.54) is 12.5 Å². The molecular formula is C32H41F2N5O4. The van der Waals surface area contributed by atoms with E-state index in [1.54, 1.807) is 23.0 Å². The van der Waals surface area contributed by atoms with Crippen LogP contribution in [0.2, 0.25) is 0 Å². The Kier molecular flexibility index (Phi) is 8.99. The molecule has 1 atom stereocenters. The number of amides is 1. The number of aromatic nitrogens is 4. The van der Waals surface area contributed by atoms with E-state index in [4.69, 9.17) is 9.15 Å². The quantitative estimate of drug-likeness (QED) is 0.238. The van der Waals surface area contributed by atoms with Crippen LogP contribution in [0.15, 0.2) is 35.2 Å². The van der Waals surface area contributed by atoms with Gasteiger partial charge in [0, 0.05) is 18.0 Å². The number of hydrogen-bond donors (Lipinski definition) is 1. The second-order valence-electron chi connectivity index (χ2n) is 13.2. The highest BCUT2D eigenvalue weighted by Gasteiger charge is 2.34. The van der Waals surface area contributed by atoms with Crippen molar-refractivity contribution in [3.05, 3.63) is 47.9 Å². The molecule has 2 saturated carbocycles. The van der Waals surface area contributed by atoms with E-state index in [9.17, 15) is 18.4 Å². The molecule has 232 valence electrons. The van der Waals surface area contributed by atoms with Crippen LogP contribution in [0.25, 0.3) is 11.5 Å². The van der Waals surface area contributed by atoms with Gasteiger partial charge in [-0.1, -0.05) is 26.7 Å². The number of nitrogens with one attached hydrogen (secondary N) is 1. The fraction of sp³-hybridized carbons (Fsp3) is 0.594. The summed E-state index contributed by atoms with van der Waals surface area (Å²) in [7, 11) is 0. The van der Waals surface area contributed by atoms with Gasteiger partial charge in [-0.05, 0) is 82.8 Å². The van der Waals surface area contributed by atoms with Crippen LogP contribution in [0.3, 0.4) is 0 Å². The summed E-state index contributed by atoms with van der Waals surface area (Å²) in [5, 5.41) is 6.71. The monoisotopic (exact) mass is 597 g/mol. The second kappa shape index (κ2) is 12.5. The SMILES string of the molecule is CC(C)C1CCC(n2cc(NC(=O)c3coc(-c4ccnc(C(CC5CC5)C(=O)OC(C)(C)C)c4)n3)c(C(F)F)n2)CC1. The smallest absolute Gasteiger partial charge is 0.315 e. The first-order valence-corrected chi connectivity index (χ1v) is 15.2. The standard InChI is InChI=1S/C32H41F2N5O4/c1-18(2)20-8-10-22(11-9-20)39-16-25(27(38-39)28(33)34)36-29(40)26-17-42-30(37-26)21-12-13-35-24(15-21)23(14-19-6-7-19)31(41)43-32(3,4)5/h12-13,15-20,22-23,28H,6-11,14H2,1-5H3,(H,36,40). The van der Waals surface area contributed by atoms with Crippen LogP contribution in [-0.2, 0) is 9.53 Å². The van der Waals surface area contributed by atoms with E-state index in [0.29, 0.717) is 35.4 Å². The molecule has 0 bridgehead atoms. The van der Waals surface area contributed by atoms with Crippen molar-refractivity contribution in [3.63, 3.8) is 0 Å². The summed E-state index contributed by atoms with van der Waals surface area (Å²) < 4.78 is 40.6. The molecule has 0 aromatic carbocycles. The molecular weight excluding hydrogens is 556 g/mol. The van der Waals surface area contributed by atoms with E-state index in [-0.39, 0.29) is 29.3 Å². The number of halogens is 2. The molecule has 9 nitrogen and oxygen atoms in total. The highest BCUT2D eigenvalue weighted by molar-refractivity contribution is 6.03. The topological polar surface area (TPSA) is 112 Å². The molecule has 0 aliphatic heterocycles. The molecule has 0 saturated heterocycles. The van der Waals surface area contributed by atoms with Crippen LogP contribution in [0, 0.1) is 17.8 Å². The van der Waals surface area contributed by atoms with Crippen molar-refractivity contribution < 1.29 is 27.5 Å². The lowest BCUT2D eigenvalue weighted by Crippen LogP contribution is -2.28. The van der Waals surface area contributed by atoms with E-state index >= 15 is 0 Å². The number of ether oxygens (including phenoxy) is 1. The average Bonchev–Trinajstić information content (AvgIpc) is 3.45. The lowest BCUT2D eigenvalue weighted by Gasteiger charge is -2.30. The van der Waals surface area contributed by atoms with Gasteiger partial charge >= 0.3 is 5.97 Å². The third-order valence-electron chi connectivity index (χ3n) is 8.35. The van der Waals surface area contributed by atoms with Gasteiger partial charge in [0.05, 0.1) is 23.3 Å². The van der Waals surface area contributed by atoms with Crippen LogP contribution in [-0.4, -0.2) is 37.2 Å². The van der Waals surface area contributed by atoms with E-state index in [1.807, 2.05) is 20.8 Å². The lowest BCUT2D eigenvalue weighted by atomic mass is 9.80. The van der Waals surface area contributed by atoms with Gasteiger partial charge in [0.25, 0.3) is 12.3 Å². The number of rotatable bonds is 10. The minimum absolute atomic E-state index is 0.0158. The highest BCUT2D eigenvalue weighted by atomic mass is 19.3. The summed E-state index contributed by atoms with van der Waals surface area (Å²) in [6, 6.07) is 3.41. The first kappa shape index (κ1) is 30.8. The summed E-state index contributed by atoms with van der Waals surface area (Å²) in [6.07, 6.45) is 7.93. The van der Waals surface area contributed by atoms with Crippen LogP contribution in [0.4, 0.5) is 14.5 Å². The molecule has 0 radical (unpaired) electrons. The molecule has 3 aromatic rings. The van der Waals surface area contributed by atoms with Gasteiger partial charge in [0.15, 0.2) is 11.4 Å². The van der Waals surface area contributed by atoms with E-state index in [2.05, 4.69) is 34.2 Å². The van der Waals surface area contributed by atoms with E-state index in [0.717, 1.165) is 38.5 Å². The van der Waals surface area contributed by atoms with Crippen LogP contribution in [0.5, 0.6) is 0 Å². The Hall–Kier alpha value is -3.63. The van der Waals surface area contributed by atoms with Crippen LogP contribution < -0.4 is 5.32 Å². The molecule has 0 spiro atoms. The Balaban J connectivity index is 1.31. The minimum Gasteiger partial charge on any atom is -0.459 e. The normalized spacial score (nSPS) is 19.9. The third kappa shape index (κ3) is 7.67. The van der Waals surface area contributed by atoms with Gasteiger partial charge in [-0.25, -0.2) is 13.8 Å². The molecule has 43 heavy (non-hydrogen) atoms. The van der Waals surface area contributed by atoms with Crippen molar-refractivity contribution in [1.82, 2.24) is 19.7 Å². The van der Waals surface area contributed by atoms with Crippen molar-refractivity contribution in [2.45, 2.75) is 104 Å². The van der Waals surface area contributed by atoms with Gasteiger partial charge < -0.3 is 14.5 Å². The summed E-state index contributed by atoms with van der Waals surface area (Å²) in [4.78, 5) is 34.9. The lowest BCUT2D eigenvalue weighted by molar-refractivity contribution is -0.157. The zero-order valence-electron chi connectivity index (χ0n) is 25.5. The summed E-state index contributed by atoms with van der Waals surface area (Å²) >= 11 is 0. The van der Waals surface area contributed by atoms with E-state index < -0.39 is 29.5 Å². The van der Waals surface area contributed by atoms with Gasteiger partial charge in [-0.3, -0.25) is 19.3 Å². The fourth-order valence-electron chi connectivity index (χ4n) is 5.75. The van der Waals surface area contributed by atoms with Crippen molar-refractivity contribution in [3.8, 4) is 11.5 Å². The highest BCUT2D eigenvalue weighted by Crippen LogP contribution is 2.40. The van der Waals surface area contributed by atoms with Crippen LogP contribution >= 0.6 is 0 Å². The Morgan fingerprint density at radius 3 is 2.49 bits per heavy atom. The number of oxazole rings is 1. The maximum absolute atomic E-state index is 13.9. The maximum Gasteiger partial charge on any atom is 0.315 e. The molecule has 2 aliphatic rings. The summed E-state index contributed by atoms with van der Waals surface area (Å²) in [5.41, 5.74) is -0.131. The number of nitrogens with zero attached hydrogens (tertiary/aromatic N) is 4. The predicted molar refractivity (Wildman–Crippen MR) is 157 cm³/mol. The van der Waals surface area contributed by atoms with Crippen molar-refractivity contribution in [2.24, 2.45) is 17.8 Å². The third-order valence-corrected chi connectivity index (χ3v) is 8.35. The molecule has 1 unspecified atom stereocenters. The van der Waals surface area contributed by atoms with Gasteiger partial charge in [-0.15, -0.1) is 0 Å². The molecule has 2 aliphatic carbocycles. The van der Waals surface area contributed by atoms with Gasteiger partial charge in [0.1, 0.15) is 11.9 Å². The molecule has 3 aromatic heterocycles. The maximum atomic E-state index is 13.9. The zero-order valence-corrected chi connectivity index (χ0v) is 25.5. The fourth-order valence-corrected chi connectivity index (χ4v) is 5.75. The van der Waals surface area contributed by atoms with Gasteiger partial charge in [0.2, 0.25) is 5.89 Å². The predicted octanol–water partition coefficient (Wildman–Crippen LogP) is 7.74. The number of alkyl halides is 2. The Morgan fingerprint density at radius 2 is 1.86 bits per heavy atom. The second-order valence-corrected chi connectivity index (χ2v) is 13.2. The molecule has 3 heterocycles. The Labute approximate surface area is 250 Å². The minimum atomic E-state index is -2.85. The van der Waals surface area contributed by atoms with Crippen LogP contribution in [0.1, 0.15) is 120 Å². The summed E-state index contributed by atoms with van der Waals surface area (Å²) in [5.74, 6) is 0.265. The van der Waals surface area contributed by atoms with Crippen molar-refractivity contribution >= 4 is 17.6 Å². The van der Waals surface area contributed by atoms with Crippen molar-refractivity contribution in [1.29, 1.82) is 0 Å². The summed E-state index contributed by atoms with van der Waals surface area (Å²) in [6.45, 7) is 9.90. The molecule has 5 rings (SSSR count). The molecule has 1 amide bonds. The molecule has 1 N–H and O–H groups in total. The average molecular weight is 598 g/mol. The number of anilines is 1. The largest absolute Gasteiger partial charge is 0.459 e. The molecule has 2 fully saturated rings. The number of esters is 1. The number of carbonyl (C=O) groups excluding carboxylic acids is 2. The first-order chi connectivity index (χ1) is 20.4. The number of carbonyl (C=O) groups is 2. The number of hydrogen-bond acceptors (Lipinski definition) is 7. The first-order valence-electron chi connectivity index (χ1n) is 15.2. The Bertz CT molecular complexity index is 1430. The Morgan fingerprint density at radius 1 is 1.14 bits per heavy atom. The zero-order chi connectivity index (χ0) is 30.9. The number of pyridine rings is 1. The molecule has 11 heteroatoms. The van der Waals surface area contributed by atoms with Crippen molar-refractivity contribution in [2.75, 3.05) is 5.32 Å². The van der Waals surface area contributed by atoms with Gasteiger partial charge in [-0.2, -0.15) is 5.10 Å².